The van der Waals surface area contributed by atoms with Crippen molar-refractivity contribution in [3.8, 4) is 0 Å². The van der Waals surface area contributed by atoms with E-state index in [9.17, 15) is 0 Å². The van der Waals surface area contributed by atoms with Gasteiger partial charge in [0.15, 0.2) is 0 Å². The summed E-state index contributed by atoms with van der Waals surface area (Å²) in [6.07, 6.45) is 16.3. The summed E-state index contributed by atoms with van der Waals surface area (Å²) in [5.74, 6) is 0. The lowest BCUT2D eigenvalue weighted by Gasteiger charge is -2.41. The summed E-state index contributed by atoms with van der Waals surface area (Å²) in [6, 6.07) is 0. The molecule has 0 aliphatic heterocycles. The van der Waals surface area contributed by atoms with E-state index in [1.807, 2.05) is 0 Å². The first-order chi connectivity index (χ1) is 7.46. The van der Waals surface area contributed by atoms with Gasteiger partial charge in [-0.05, 0) is 12.8 Å². The normalized spacial score (nSPS) is 20.2. The van der Waals surface area contributed by atoms with Crippen LogP contribution in [0.5, 0.6) is 0 Å². The average Bonchev–Trinajstić information content (AvgIpc) is 2.91. The van der Waals surface area contributed by atoms with Gasteiger partial charge in [0, 0.05) is 0 Å². The Morgan fingerprint density at radius 1 is 0.750 bits per heavy atom. The van der Waals surface area contributed by atoms with Crippen molar-refractivity contribution in [2.45, 2.75) is 39.0 Å². The third kappa shape index (κ3) is 1.74. The Morgan fingerprint density at radius 2 is 1.12 bits per heavy atom. The Balaban J connectivity index is 2.28. The lowest BCUT2D eigenvalue weighted by atomic mass is 10.5. The van der Waals surface area contributed by atoms with Crippen molar-refractivity contribution < 1.29 is 0 Å². The van der Waals surface area contributed by atoms with Gasteiger partial charge >= 0.3 is 0 Å². The van der Waals surface area contributed by atoms with E-state index >= 15 is 0 Å². The molecule has 0 spiro atoms. The molecule has 0 atom stereocenters. The zero-order valence-corrected chi connectivity index (χ0v) is 12.9. The molecule has 2 heteroatoms. The largest absolute Gasteiger partial charge is 0.0809 e. The fraction of sp³-hybridized carbons (Fsp3) is 0.429. The number of allylic oxidation sites excluding steroid dienone is 8. The minimum atomic E-state index is -1.23. The Morgan fingerprint density at radius 3 is 1.38 bits per heavy atom. The molecule has 0 aromatic rings. The van der Waals surface area contributed by atoms with Crippen molar-refractivity contribution in [1.82, 2.24) is 0 Å². The van der Waals surface area contributed by atoms with Gasteiger partial charge in [0.2, 0.25) is 0 Å². The molecule has 0 bridgehead atoms. The third-order valence-corrected chi connectivity index (χ3v) is 23.1. The molecule has 2 rings (SSSR count). The molecule has 0 aromatic carbocycles. The Hall–Kier alpha value is -0.606. The first-order valence-electron chi connectivity index (χ1n) is 6.18. The van der Waals surface area contributed by atoms with Gasteiger partial charge in [-0.25, -0.2) is 0 Å². The van der Waals surface area contributed by atoms with Crippen molar-refractivity contribution in [3.05, 3.63) is 46.8 Å². The lowest BCUT2D eigenvalue weighted by Crippen LogP contribution is -2.57. The highest BCUT2D eigenvalue weighted by Gasteiger charge is 2.45. The summed E-state index contributed by atoms with van der Waals surface area (Å²) in [6.45, 7) is 10.3. The van der Waals surface area contributed by atoms with Crippen LogP contribution in [0.2, 0.25) is 26.2 Å². The van der Waals surface area contributed by atoms with Gasteiger partial charge in [-0.2, -0.15) is 0 Å². The van der Waals surface area contributed by atoms with Gasteiger partial charge in [0.1, 0.15) is 0 Å². The van der Waals surface area contributed by atoms with Crippen LogP contribution < -0.4 is 0 Å². The van der Waals surface area contributed by atoms with Crippen LogP contribution in [-0.4, -0.2) is 15.2 Å². The molecule has 0 nitrogen and oxygen atoms in total. The molecule has 0 saturated carbocycles. The summed E-state index contributed by atoms with van der Waals surface area (Å²) in [5, 5.41) is 3.52. The van der Waals surface area contributed by atoms with Crippen LogP contribution in [0.4, 0.5) is 0 Å². The van der Waals surface area contributed by atoms with Gasteiger partial charge in [-0.1, -0.05) is 73.0 Å². The van der Waals surface area contributed by atoms with Gasteiger partial charge < -0.3 is 0 Å². The van der Waals surface area contributed by atoms with Gasteiger partial charge in [-0.3, -0.25) is 0 Å². The second-order valence-corrected chi connectivity index (χ2v) is 21.2. The molecule has 0 saturated heterocycles. The Labute approximate surface area is 101 Å². The van der Waals surface area contributed by atoms with Crippen LogP contribution in [0, 0.1) is 0 Å². The van der Waals surface area contributed by atoms with E-state index in [4.69, 9.17) is 0 Å². The second-order valence-electron chi connectivity index (χ2n) is 5.90. The molecule has 0 fully saturated rings. The molecule has 0 unspecified atom stereocenters. The van der Waals surface area contributed by atoms with Crippen LogP contribution in [0.3, 0.4) is 0 Å². The predicted octanol–water partition coefficient (Wildman–Crippen LogP) is 4.33. The highest BCUT2D eigenvalue weighted by atomic mass is 29.3. The predicted molar refractivity (Wildman–Crippen MR) is 78.6 cm³/mol. The first kappa shape index (κ1) is 11.9. The maximum absolute atomic E-state index is 2.58. The zero-order valence-electron chi connectivity index (χ0n) is 10.9. The summed E-state index contributed by atoms with van der Waals surface area (Å²) in [5.41, 5.74) is 0. The molecule has 86 valence electrons. The molecular formula is C14H22Si2. The van der Waals surface area contributed by atoms with Crippen LogP contribution in [0.25, 0.3) is 0 Å². The summed E-state index contributed by atoms with van der Waals surface area (Å²) >= 11 is 0. The topological polar surface area (TPSA) is 0 Å². The molecular weight excluding hydrogens is 224 g/mol. The monoisotopic (exact) mass is 246 g/mol. The van der Waals surface area contributed by atoms with Crippen molar-refractivity contribution in [2.75, 3.05) is 0 Å². The lowest BCUT2D eigenvalue weighted by molar-refractivity contribution is 1.34. The molecule has 0 aromatic heterocycles. The second kappa shape index (κ2) is 4.00. The van der Waals surface area contributed by atoms with Crippen LogP contribution in [0.1, 0.15) is 12.8 Å². The average molecular weight is 247 g/mol. The number of rotatable bonds is 3. The zero-order chi connectivity index (χ0) is 11.8. The summed E-state index contributed by atoms with van der Waals surface area (Å²) in [4.78, 5) is 0. The van der Waals surface area contributed by atoms with Crippen molar-refractivity contribution >= 4 is 15.2 Å². The van der Waals surface area contributed by atoms with Crippen LogP contribution >= 0.6 is 0 Å². The van der Waals surface area contributed by atoms with E-state index in [1.54, 1.807) is 10.4 Å². The van der Waals surface area contributed by atoms with E-state index in [2.05, 4.69) is 62.6 Å². The van der Waals surface area contributed by atoms with Gasteiger partial charge in [0.25, 0.3) is 0 Å². The maximum atomic E-state index is 2.58. The quantitative estimate of drug-likeness (QED) is 0.650. The molecule has 16 heavy (non-hydrogen) atoms. The molecule has 2 aliphatic rings. The van der Waals surface area contributed by atoms with Gasteiger partial charge in [0.05, 0.1) is 15.2 Å². The van der Waals surface area contributed by atoms with E-state index in [0.717, 1.165) is 0 Å². The third-order valence-electron chi connectivity index (χ3n) is 4.71. The Kier molecular flexibility index (Phi) is 2.97. The number of hydrogen-bond donors (Lipinski definition) is 0. The smallest absolute Gasteiger partial charge is 0.0741 e. The van der Waals surface area contributed by atoms with E-state index in [1.165, 1.54) is 12.8 Å². The molecule has 0 amide bonds. The van der Waals surface area contributed by atoms with Crippen molar-refractivity contribution in [1.29, 1.82) is 0 Å². The fourth-order valence-corrected chi connectivity index (χ4v) is 12.4. The molecule has 2 aliphatic carbocycles. The van der Waals surface area contributed by atoms with Crippen LogP contribution in [0.15, 0.2) is 46.8 Å². The van der Waals surface area contributed by atoms with E-state index < -0.39 is 15.2 Å². The minimum Gasteiger partial charge on any atom is -0.0809 e. The van der Waals surface area contributed by atoms with E-state index in [0.29, 0.717) is 0 Å². The number of hydrogen-bond acceptors (Lipinski definition) is 0. The van der Waals surface area contributed by atoms with Crippen molar-refractivity contribution in [3.63, 3.8) is 0 Å². The fourth-order valence-electron chi connectivity index (χ4n) is 2.62. The molecule has 0 radical (unpaired) electrons. The van der Waals surface area contributed by atoms with Crippen LogP contribution in [-0.2, 0) is 0 Å². The van der Waals surface area contributed by atoms with Crippen molar-refractivity contribution in [2.24, 2.45) is 0 Å². The SMILES string of the molecule is C[Si](C)(C1=CC=CC1)[Si](C)(C)C1=CC=CC1. The minimum absolute atomic E-state index is 1.22. The standard InChI is InChI=1S/C14H22Si2/c1-15(2,13-9-5-6-10-13)16(3,4)14-11-7-8-12-14/h5-9,11H,10,12H2,1-4H3. The van der Waals surface area contributed by atoms with Gasteiger partial charge in [-0.15, -0.1) is 0 Å². The molecule has 0 heterocycles. The van der Waals surface area contributed by atoms with E-state index in [-0.39, 0.29) is 0 Å². The summed E-state index contributed by atoms with van der Waals surface area (Å²) in [7, 11) is -2.47. The highest BCUT2D eigenvalue weighted by Crippen LogP contribution is 2.37. The Bertz CT molecular complexity index is 366. The summed E-state index contributed by atoms with van der Waals surface area (Å²) < 4.78 is 0. The maximum Gasteiger partial charge on any atom is 0.0741 e. The first-order valence-corrected chi connectivity index (χ1v) is 13.2. The molecule has 0 N–H and O–H groups in total. The highest BCUT2D eigenvalue weighted by molar-refractivity contribution is 7.46.